The predicted octanol–water partition coefficient (Wildman–Crippen LogP) is 3.20. The van der Waals surface area contributed by atoms with E-state index in [9.17, 15) is 18.0 Å². The molecule has 0 saturated carbocycles. The number of rotatable bonds is 3. The second-order valence-corrected chi connectivity index (χ2v) is 7.26. The zero-order valence-corrected chi connectivity index (χ0v) is 15.2. The molecule has 1 aliphatic heterocycles. The number of hydrogen-bond acceptors (Lipinski definition) is 5. The molecule has 1 aromatic carbocycles. The molecule has 27 heavy (non-hydrogen) atoms. The van der Waals surface area contributed by atoms with Crippen LogP contribution in [0.3, 0.4) is 0 Å². The van der Waals surface area contributed by atoms with Crippen molar-refractivity contribution in [3.8, 4) is 5.75 Å². The molecule has 0 fully saturated rings. The molecule has 142 valence electrons. The highest BCUT2D eigenvalue weighted by molar-refractivity contribution is 8.00. The van der Waals surface area contributed by atoms with Crippen LogP contribution < -0.4 is 15.6 Å². The molecular formula is C17H15F3N4O2S. The number of anilines is 1. The Hall–Kier alpha value is -2.62. The summed E-state index contributed by atoms with van der Waals surface area (Å²) in [5.74, 6) is 0.952. The van der Waals surface area contributed by atoms with E-state index in [1.807, 2.05) is 12.1 Å². The second-order valence-electron chi connectivity index (χ2n) is 6.14. The van der Waals surface area contributed by atoms with Crippen molar-refractivity contribution in [3.05, 3.63) is 46.4 Å². The number of aryl methyl sites for hydroxylation is 1. The molecule has 0 bridgehead atoms. The van der Waals surface area contributed by atoms with Gasteiger partial charge in [0.1, 0.15) is 17.1 Å². The maximum absolute atomic E-state index is 13.0. The van der Waals surface area contributed by atoms with Gasteiger partial charge < -0.3 is 14.6 Å². The summed E-state index contributed by atoms with van der Waals surface area (Å²) in [6.45, 7) is 0.230. The Balaban J connectivity index is 1.74. The van der Waals surface area contributed by atoms with E-state index in [-0.39, 0.29) is 17.9 Å². The lowest BCUT2D eigenvalue weighted by Crippen LogP contribution is -2.31. The highest BCUT2D eigenvalue weighted by Crippen LogP contribution is 2.48. The first-order valence-corrected chi connectivity index (χ1v) is 8.89. The third kappa shape index (κ3) is 2.93. The summed E-state index contributed by atoms with van der Waals surface area (Å²) in [4.78, 5) is 13.3. The molecule has 1 unspecified atom stereocenters. The standard InChI is InChI=1S/C17H15F3N4O2S/c1-23-12-11(13-14(23)22-16(27-13)17(18,19)20)7-21-24(15(12)25)8-9-4-3-5-10(6-9)26-2/h3-7,16,22H,8H2,1-2H3. The molecule has 0 saturated heterocycles. The average Bonchev–Trinajstić information content (AvgIpc) is 3.17. The Kier molecular flexibility index (Phi) is 4.10. The molecule has 1 atom stereocenters. The van der Waals surface area contributed by atoms with Gasteiger partial charge in [-0.3, -0.25) is 4.79 Å². The van der Waals surface area contributed by atoms with Gasteiger partial charge in [-0.2, -0.15) is 18.3 Å². The van der Waals surface area contributed by atoms with Crippen LogP contribution in [-0.2, 0) is 13.6 Å². The van der Waals surface area contributed by atoms with Crippen molar-refractivity contribution < 1.29 is 17.9 Å². The first-order valence-electron chi connectivity index (χ1n) is 8.01. The molecule has 1 aliphatic rings. The van der Waals surface area contributed by atoms with Gasteiger partial charge in [-0.1, -0.05) is 23.9 Å². The highest BCUT2D eigenvalue weighted by Gasteiger charge is 2.46. The van der Waals surface area contributed by atoms with Crippen LogP contribution in [0.25, 0.3) is 10.9 Å². The SMILES string of the molecule is COc1cccc(Cn2ncc3c4c(n(C)c3c2=O)NC(C(F)(F)F)S4)c1. The summed E-state index contributed by atoms with van der Waals surface area (Å²) in [7, 11) is 3.13. The van der Waals surface area contributed by atoms with Gasteiger partial charge in [-0.25, -0.2) is 4.68 Å². The molecule has 0 aliphatic carbocycles. The van der Waals surface area contributed by atoms with Crippen LogP contribution in [0.1, 0.15) is 5.56 Å². The predicted molar refractivity (Wildman–Crippen MR) is 96.4 cm³/mol. The van der Waals surface area contributed by atoms with Gasteiger partial charge in [0.15, 0.2) is 5.37 Å². The number of ether oxygens (including phenoxy) is 1. The second kappa shape index (κ2) is 6.22. The van der Waals surface area contributed by atoms with Crippen molar-refractivity contribution in [1.29, 1.82) is 0 Å². The molecule has 2 aromatic heterocycles. The number of aromatic nitrogens is 3. The largest absolute Gasteiger partial charge is 0.497 e. The number of benzene rings is 1. The third-order valence-electron chi connectivity index (χ3n) is 4.42. The Morgan fingerprint density at radius 1 is 1.37 bits per heavy atom. The lowest BCUT2D eigenvalue weighted by atomic mass is 10.2. The van der Waals surface area contributed by atoms with Crippen LogP contribution in [0.2, 0.25) is 0 Å². The van der Waals surface area contributed by atoms with E-state index in [0.29, 0.717) is 33.3 Å². The fourth-order valence-electron chi connectivity index (χ4n) is 3.12. The minimum Gasteiger partial charge on any atom is -0.497 e. The zero-order chi connectivity index (χ0) is 19.3. The van der Waals surface area contributed by atoms with Gasteiger partial charge in [0.05, 0.1) is 24.7 Å². The molecule has 0 spiro atoms. The molecule has 1 N–H and O–H groups in total. The van der Waals surface area contributed by atoms with Crippen LogP contribution in [0, 0.1) is 0 Å². The highest BCUT2D eigenvalue weighted by atomic mass is 32.2. The Labute approximate surface area is 155 Å². The molecule has 0 amide bonds. The molecule has 3 heterocycles. The topological polar surface area (TPSA) is 61.1 Å². The van der Waals surface area contributed by atoms with E-state index in [2.05, 4.69) is 10.4 Å². The number of methoxy groups -OCH3 is 1. The summed E-state index contributed by atoms with van der Waals surface area (Å²) in [5, 5.41) is 5.31. The summed E-state index contributed by atoms with van der Waals surface area (Å²) < 4.78 is 46.9. The minimum absolute atomic E-state index is 0.230. The fourth-order valence-corrected chi connectivity index (χ4v) is 4.24. The third-order valence-corrected chi connectivity index (χ3v) is 5.69. The van der Waals surface area contributed by atoms with Crippen LogP contribution in [0.4, 0.5) is 19.0 Å². The first kappa shape index (κ1) is 17.8. The monoisotopic (exact) mass is 396 g/mol. The van der Waals surface area contributed by atoms with Crippen LogP contribution in [0.5, 0.6) is 5.75 Å². The number of hydrogen-bond donors (Lipinski definition) is 1. The molecule has 3 aromatic rings. The van der Waals surface area contributed by atoms with Gasteiger partial charge in [0.2, 0.25) is 0 Å². The van der Waals surface area contributed by atoms with Crippen molar-refractivity contribution >= 4 is 28.5 Å². The minimum atomic E-state index is -4.38. The Morgan fingerprint density at radius 3 is 2.85 bits per heavy atom. The zero-order valence-electron chi connectivity index (χ0n) is 14.4. The summed E-state index contributed by atoms with van der Waals surface area (Å²) in [6, 6.07) is 7.25. The molecule has 0 radical (unpaired) electrons. The number of alkyl halides is 3. The quantitative estimate of drug-likeness (QED) is 0.737. The number of fused-ring (bicyclic) bond motifs is 3. The number of nitrogens with one attached hydrogen (secondary N) is 1. The smallest absolute Gasteiger partial charge is 0.418 e. The van der Waals surface area contributed by atoms with E-state index in [4.69, 9.17) is 4.74 Å². The summed E-state index contributed by atoms with van der Waals surface area (Å²) in [5.41, 5.74) is 0.784. The van der Waals surface area contributed by atoms with Gasteiger partial charge in [0.25, 0.3) is 5.56 Å². The number of nitrogens with zero attached hydrogens (tertiary/aromatic N) is 3. The molecule has 10 heteroatoms. The van der Waals surface area contributed by atoms with Crippen molar-refractivity contribution in [2.24, 2.45) is 7.05 Å². The van der Waals surface area contributed by atoms with Crippen LogP contribution in [-0.4, -0.2) is 33.0 Å². The Bertz CT molecular complexity index is 1090. The van der Waals surface area contributed by atoms with Gasteiger partial charge in [-0.05, 0) is 17.7 Å². The first-order chi connectivity index (χ1) is 12.8. The summed E-state index contributed by atoms with van der Waals surface area (Å²) in [6.07, 6.45) is -2.94. The molecule has 6 nitrogen and oxygen atoms in total. The molecular weight excluding hydrogens is 381 g/mol. The van der Waals surface area contributed by atoms with E-state index < -0.39 is 11.6 Å². The number of halogens is 3. The summed E-state index contributed by atoms with van der Waals surface area (Å²) >= 11 is 0.655. The average molecular weight is 396 g/mol. The Morgan fingerprint density at radius 2 is 2.15 bits per heavy atom. The van der Waals surface area contributed by atoms with Gasteiger partial charge in [0, 0.05) is 12.4 Å². The van der Waals surface area contributed by atoms with E-state index in [0.717, 1.165) is 5.56 Å². The fraction of sp³-hybridized carbons (Fsp3) is 0.294. The van der Waals surface area contributed by atoms with Crippen molar-refractivity contribution in [2.75, 3.05) is 12.4 Å². The normalized spacial score (nSPS) is 16.4. The van der Waals surface area contributed by atoms with Crippen molar-refractivity contribution in [1.82, 2.24) is 14.3 Å². The lowest BCUT2D eigenvalue weighted by molar-refractivity contribution is -0.123. The maximum atomic E-state index is 13.0. The van der Waals surface area contributed by atoms with E-state index >= 15 is 0 Å². The van der Waals surface area contributed by atoms with E-state index in [1.165, 1.54) is 15.4 Å². The van der Waals surface area contributed by atoms with Crippen LogP contribution >= 0.6 is 11.8 Å². The van der Waals surface area contributed by atoms with Crippen molar-refractivity contribution in [2.45, 2.75) is 23.0 Å². The van der Waals surface area contributed by atoms with Gasteiger partial charge >= 0.3 is 6.18 Å². The maximum Gasteiger partial charge on any atom is 0.418 e. The van der Waals surface area contributed by atoms with Gasteiger partial charge in [-0.15, -0.1) is 0 Å². The molecule has 4 rings (SSSR count). The number of thioether (sulfide) groups is 1. The van der Waals surface area contributed by atoms with E-state index in [1.54, 1.807) is 26.3 Å². The lowest BCUT2D eigenvalue weighted by Gasteiger charge is -2.15. The van der Waals surface area contributed by atoms with Crippen molar-refractivity contribution in [3.63, 3.8) is 0 Å². The van der Waals surface area contributed by atoms with Crippen LogP contribution in [0.15, 0.2) is 40.2 Å².